The van der Waals surface area contributed by atoms with E-state index in [1.165, 1.54) is 0 Å². The van der Waals surface area contributed by atoms with Crippen molar-refractivity contribution in [3.63, 3.8) is 0 Å². The van der Waals surface area contributed by atoms with Crippen LogP contribution in [0.15, 0.2) is 17.1 Å². The normalized spacial score (nSPS) is 10.4. The van der Waals surface area contributed by atoms with Crippen LogP contribution in [0.1, 0.15) is 17.7 Å². The molecule has 0 aliphatic heterocycles. The highest BCUT2D eigenvalue weighted by molar-refractivity contribution is 5.13. The molecule has 1 heterocycles. The molecule has 14 heavy (non-hydrogen) atoms. The topological polar surface area (TPSA) is 65.1 Å². The van der Waals surface area contributed by atoms with Crippen molar-refractivity contribution < 1.29 is 5.11 Å². The molecule has 0 aliphatic carbocycles. The van der Waals surface area contributed by atoms with Crippen molar-refractivity contribution >= 4 is 0 Å². The summed E-state index contributed by atoms with van der Waals surface area (Å²) in [5, 5.41) is 11.6. The molecule has 3 N–H and O–H groups in total. The summed E-state index contributed by atoms with van der Waals surface area (Å²) in [6, 6.07) is 1.59. The van der Waals surface area contributed by atoms with Crippen molar-refractivity contribution in [3.05, 3.63) is 33.7 Å². The number of nitrogens with one attached hydrogen (secondary N) is 2. The van der Waals surface area contributed by atoms with Gasteiger partial charge in [-0.2, -0.15) is 0 Å². The summed E-state index contributed by atoms with van der Waals surface area (Å²) >= 11 is 0. The van der Waals surface area contributed by atoms with Gasteiger partial charge in [0.05, 0.1) is 0 Å². The van der Waals surface area contributed by atoms with Crippen molar-refractivity contribution in [1.82, 2.24) is 10.3 Å². The Morgan fingerprint density at radius 3 is 3.00 bits per heavy atom. The summed E-state index contributed by atoms with van der Waals surface area (Å²) in [5.41, 5.74) is 1.65. The van der Waals surface area contributed by atoms with E-state index in [1.807, 2.05) is 6.92 Å². The predicted octanol–water partition coefficient (Wildman–Crippen LogP) is 0.155. The highest BCUT2D eigenvalue weighted by Crippen LogP contribution is 1.91. The van der Waals surface area contributed by atoms with Gasteiger partial charge in [-0.15, -0.1) is 0 Å². The Morgan fingerprint density at radius 1 is 1.57 bits per heavy atom. The minimum atomic E-state index is 0.0535. The smallest absolute Gasteiger partial charge is 0.186 e. The number of H-pyrrole nitrogens is 1. The lowest BCUT2D eigenvalue weighted by Gasteiger charge is -2.03. The largest absolute Gasteiger partial charge is 0.396 e. The number of hydrogen-bond donors (Lipinski definition) is 3. The average Bonchev–Trinajstić information content (AvgIpc) is 2.15. The van der Waals surface area contributed by atoms with Gasteiger partial charge in [0.2, 0.25) is 0 Å². The Labute approximate surface area is 83.0 Å². The first kappa shape index (κ1) is 10.9. The van der Waals surface area contributed by atoms with Crippen LogP contribution in [-0.4, -0.2) is 23.2 Å². The fraction of sp³-hybridized carbons (Fsp3) is 0.500. The van der Waals surface area contributed by atoms with Crippen LogP contribution in [0.2, 0.25) is 0 Å². The Hall–Kier alpha value is -1.13. The third-order valence-electron chi connectivity index (χ3n) is 1.97. The van der Waals surface area contributed by atoms with Crippen molar-refractivity contribution in [1.29, 1.82) is 0 Å². The standard InChI is InChI=1S/C10H16N2O2/c1-8-5-10(14)9(7-12-8)6-11-3-2-4-13/h5,7,11,13H,2-4,6H2,1H3,(H,12,14). The Balaban J connectivity index is 2.47. The van der Waals surface area contributed by atoms with E-state index in [0.29, 0.717) is 13.0 Å². The van der Waals surface area contributed by atoms with Gasteiger partial charge in [0.25, 0.3) is 0 Å². The van der Waals surface area contributed by atoms with E-state index in [9.17, 15) is 4.79 Å². The number of aliphatic hydroxyl groups is 1. The van der Waals surface area contributed by atoms with E-state index in [1.54, 1.807) is 12.3 Å². The Kier molecular flexibility index (Phi) is 4.35. The molecule has 0 fully saturated rings. The van der Waals surface area contributed by atoms with Gasteiger partial charge in [-0.05, 0) is 19.9 Å². The van der Waals surface area contributed by atoms with Gasteiger partial charge >= 0.3 is 0 Å². The number of aliphatic hydroxyl groups excluding tert-OH is 1. The lowest BCUT2D eigenvalue weighted by Crippen LogP contribution is -2.21. The van der Waals surface area contributed by atoms with Crippen molar-refractivity contribution in [2.24, 2.45) is 0 Å². The zero-order chi connectivity index (χ0) is 10.4. The molecule has 0 aliphatic rings. The molecule has 0 bridgehead atoms. The van der Waals surface area contributed by atoms with E-state index >= 15 is 0 Å². The Bertz CT molecular complexity index is 333. The number of rotatable bonds is 5. The molecule has 4 nitrogen and oxygen atoms in total. The average molecular weight is 196 g/mol. The maximum absolute atomic E-state index is 11.4. The van der Waals surface area contributed by atoms with E-state index in [-0.39, 0.29) is 12.0 Å². The zero-order valence-corrected chi connectivity index (χ0v) is 8.34. The number of aryl methyl sites for hydroxylation is 1. The van der Waals surface area contributed by atoms with Crippen LogP contribution in [0.5, 0.6) is 0 Å². The minimum absolute atomic E-state index is 0.0535. The lowest BCUT2D eigenvalue weighted by molar-refractivity contribution is 0.286. The molecule has 0 spiro atoms. The monoisotopic (exact) mass is 196 g/mol. The summed E-state index contributed by atoms with van der Waals surface area (Å²) in [5.74, 6) is 0. The second-order valence-corrected chi connectivity index (χ2v) is 3.26. The van der Waals surface area contributed by atoms with E-state index < -0.39 is 0 Å². The van der Waals surface area contributed by atoms with E-state index in [2.05, 4.69) is 10.3 Å². The third-order valence-corrected chi connectivity index (χ3v) is 1.97. The first-order chi connectivity index (χ1) is 6.74. The minimum Gasteiger partial charge on any atom is -0.396 e. The number of hydrogen-bond acceptors (Lipinski definition) is 3. The van der Waals surface area contributed by atoms with Crippen LogP contribution in [0.3, 0.4) is 0 Å². The van der Waals surface area contributed by atoms with Gasteiger partial charge in [-0.1, -0.05) is 0 Å². The van der Waals surface area contributed by atoms with Crippen molar-refractivity contribution in [2.45, 2.75) is 19.9 Å². The number of aromatic amines is 1. The van der Waals surface area contributed by atoms with Crippen LogP contribution in [0.4, 0.5) is 0 Å². The highest BCUT2D eigenvalue weighted by Gasteiger charge is 1.98. The van der Waals surface area contributed by atoms with Gasteiger partial charge < -0.3 is 15.4 Å². The fourth-order valence-electron chi connectivity index (χ4n) is 1.17. The summed E-state index contributed by atoms with van der Waals surface area (Å²) in [7, 11) is 0. The van der Waals surface area contributed by atoms with Crippen LogP contribution in [-0.2, 0) is 6.54 Å². The van der Waals surface area contributed by atoms with Gasteiger partial charge in [-0.25, -0.2) is 0 Å². The second kappa shape index (κ2) is 5.57. The molecule has 0 saturated carbocycles. The highest BCUT2D eigenvalue weighted by atomic mass is 16.3. The van der Waals surface area contributed by atoms with E-state index in [0.717, 1.165) is 17.8 Å². The van der Waals surface area contributed by atoms with Gasteiger partial charge in [0, 0.05) is 36.7 Å². The van der Waals surface area contributed by atoms with Gasteiger partial charge in [-0.3, -0.25) is 4.79 Å². The first-order valence-electron chi connectivity index (χ1n) is 4.74. The second-order valence-electron chi connectivity index (χ2n) is 3.26. The van der Waals surface area contributed by atoms with Gasteiger partial charge in [0.1, 0.15) is 0 Å². The molecule has 1 rings (SSSR count). The lowest BCUT2D eigenvalue weighted by atomic mass is 10.2. The molecular formula is C10H16N2O2. The molecule has 4 heteroatoms. The number of pyridine rings is 1. The van der Waals surface area contributed by atoms with Crippen molar-refractivity contribution in [2.75, 3.05) is 13.2 Å². The van der Waals surface area contributed by atoms with Gasteiger partial charge in [0.15, 0.2) is 5.43 Å². The van der Waals surface area contributed by atoms with Crippen LogP contribution < -0.4 is 10.7 Å². The summed E-state index contributed by atoms with van der Waals surface area (Å²) in [6.07, 6.45) is 2.44. The molecular weight excluding hydrogens is 180 g/mol. The molecule has 1 aromatic rings. The molecule has 0 amide bonds. The maximum Gasteiger partial charge on any atom is 0.186 e. The van der Waals surface area contributed by atoms with Crippen molar-refractivity contribution in [3.8, 4) is 0 Å². The Morgan fingerprint density at radius 2 is 2.36 bits per heavy atom. The molecule has 0 radical (unpaired) electrons. The molecule has 0 aromatic carbocycles. The molecule has 0 saturated heterocycles. The molecule has 0 atom stereocenters. The van der Waals surface area contributed by atoms with Crippen LogP contribution >= 0.6 is 0 Å². The quantitative estimate of drug-likeness (QED) is 0.587. The summed E-state index contributed by atoms with van der Waals surface area (Å²) in [6.45, 7) is 3.31. The third kappa shape index (κ3) is 3.32. The molecule has 0 unspecified atom stereocenters. The van der Waals surface area contributed by atoms with Crippen LogP contribution in [0, 0.1) is 6.92 Å². The molecule has 78 valence electrons. The fourth-order valence-corrected chi connectivity index (χ4v) is 1.17. The summed E-state index contributed by atoms with van der Waals surface area (Å²) < 4.78 is 0. The predicted molar refractivity (Wildman–Crippen MR) is 55.2 cm³/mol. The zero-order valence-electron chi connectivity index (χ0n) is 8.34. The molecule has 1 aromatic heterocycles. The first-order valence-corrected chi connectivity index (χ1v) is 4.74. The SMILES string of the molecule is Cc1cc(=O)c(CNCCCO)c[nH]1. The van der Waals surface area contributed by atoms with E-state index in [4.69, 9.17) is 5.11 Å². The number of aromatic nitrogens is 1. The summed E-state index contributed by atoms with van der Waals surface area (Å²) in [4.78, 5) is 14.4. The maximum atomic E-state index is 11.4. The van der Waals surface area contributed by atoms with Crippen LogP contribution in [0.25, 0.3) is 0 Å².